The molecule has 0 radical (unpaired) electrons. The summed E-state index contributed by atoms with van der Waals surface area (Å²) in [4.78, 5) is 13.1. The topological polar surface area (TPSA) is 29.1 Å². The maximum Gasteiger partial charge on any atom is 0.230 e. The molecule has 1 aromatic carbocycles. The van der Waals surface area contributed by atoms with Crippen molar-refractivity contribution in [3.8, 4) is 0 Å². The Kier molecular flexibility index (Phi) is 3.24. The number of alkyl halides is 1. The van der Waals surface area contributed by atoms with Gasteiger partial charge in [0.15, 0.2) is 0 Å². The molecule has 0 saturated heterocycles. The molecular weight excluding hydrogens is 338 g/mol. The quantitative estimate of drug-likeness (QED) is 0.739. The molecule has 4 fully saturated rings. The van der Waals surface area contributed by atoms with Crippen LogP contribution in [0, 0.1) is 31.1 Å². The average Bonchev–Trinajstić information content (AvgIpc) is 2.34. The number of aryl methyl sites for hydroxylation is 2. The van der Waals surface area contributed by atoms with Gasteiger partial charge in [-0.15, -0.1) is 0 Å². The van der Waals surface area contributed by atoms with Crippen molar-refractivity contribution in [2.24, 2.45) is 17.3 Å². The van der Waals surface area contributed by atoms with Gasteiger partial charge in [-0.1, -0.05) is 22.0 Å². The van der Waals surface area contributed by atoms with Gasteiger partial charge in [0.05, 0.1) is 5.41 Å². The van der Waals surface area contributed by atoms with Crippen molar-refractivity contribution >= 4 is 27.5 Å². The predicted molar refractivity (Wildman–Crippen MR) is 93.3 cm³/mol. The number of rotatable bonds is 2. The third-order valence-electron chi connectivity index (χ3n) is 5.95. The minimum Gasteiger partial charge on any atom is -0.326 e. The lowest BCUT2D eigenvalue weighted by Crippen LogP contribution is -2.57. The number of carbonyl (C=O) groups is 1. The standard InChI is InChI=1S/C19H24BrNO/c1-12-3-13(2)5-16(4-12)21-17(22)18-7-14-6-15(8-18)10-19(20,9-14)11-18/h3-5,14-15H,6-11H2,1-2H3,(H,21,22)/t14-,15+,18?,19?. The molecule has 1 amide bonds. The van der Waals surface area contributed by atoms with Crippen LogP contribution in [0.3, 0.4) is 0 Å². The molecule has 0 spiro atoms. The molecule has 4 atom stereocenters. The summed E-state index contributed by atoms with van der Waals surface area (Å²) in [5.41, 5.74) is 3.24. The molecule has 3 heteroatoms. The summed E-state index contributed by atoms with van der Waals surface area (Å²) < 4.78 is 0.233. The van der Waals surface area contributed by atoms with E-state index in [-0.39, 0.29) is 15.6 Å². The van der Waals surface area contributed by atoms with Crippen LogP contribution in [0.1, 0.15) is 49.7 Å². The van der Waals surface area contributed by atoms with Gasteiger partial charge in [-0.25, -0.2) is 0 Å². The fourth-order valence-corrected chi connectivity index (χ4v) is 7.18. The Hall–Kier alpha value is -0.830. The number of hydrogen-bond acceptors (Lipinski definition) is 1. The van der Waals surface area contributed by atoms with Gasteiger partial charge in [0.25, 0.3) is 0 Å². The van der Waals surface area contributed by atoms with Crippen LogP contribution in [0.15, 0.2) is 18.2 Å². The number of carbonyl (C=O) groups excluding carboxylic acids is 1. The van der Waals surface area contributed by atoms with E-state index in [9.17, 15) is 4.79 Å². The van der Waals surface area contributed by atoms with Crippen LogP contribution in [-0.4, -0.2) is 10.2 Å². The van der Waals surface area contributed by atoms with Crippen LogP contribution in [0.5, 0.6) is 0 Å². The molecule has 0 aliphatic heterocycles. The molecule has 1 N–H and O–H groups in total. The Morgan fingerprint density at radius 3 is 2.23 bits per heavy atom. The second-order valence-electron chi connectivity index (χ2n) is 8.22. The maximum absolute atomic E-state index is 13.1. The van der Waals surface area contributed by atoms with E-state index in [4.69, 9.17) is 0 Å². The van der Waals surface area contributed by atoms with Crippen molar-refractivity contribution in [2.45, 2.75) is 56.7 Å². The minimum absolute atomic E-state index is 0.134. The molecule has 0 aromatic heterocycles. The normalized spacial score (nSPS) is 39.0. The zero-order valence-electron chi connectivity index (χ0n) is 13.4. The molecule has 0 heterocycles. The highest BCUT2D eigenvalue weighted by atomic mass is 79.9. The second kappa shape index (κ2) is 4.83. The first-order chi connectivity index (χ1) is 10.4. The van der Waals surface area contributed by atoms with E-state index in [1.165, 1.54) is 30.4 Å². The summed E-state index contributed by atoms with van der Waals surface area (Å²) in [6.45, 7) is 4.17. The molecule has 5 rings (SSSR count). The predicted octanol–water partition coefficient (Wildman–Crippen LogP) is 4.98. The first-order valence-corrected chi connectivity index (χ1v) is 9.24. The Morgan fingerprint density at radius 2 is 1.68 bits per heavy atom. The van der Waals surface area contributed by atoms with E-state index in [0.717, 1.165) is 36.8 Å². The number of anilines is 1. The third kappa shape index (κ3) is 2.42. The molecule has 1 aromatic rings. The molecule has 2 nitrogen and oxygen atoms in total. The van der Waals surface area contributed by atoms with Gasteiger partial charge in [0.1, 0.15) is 0 Å². The molecule has 4 aliphatic carbocycles. The highest BCUT2D eigenvalue weighted by Gasteiger charge is 2.59. The van der Waals surface area contributed by atoms with Crippen LogP contribution in [-0.2, 0) is 4.79 Å². The van der Waals surface area contributed by atoms with Crippen molar-refractivity contribution in [3.63, 3.8) is 0 Å². The summed E-state index contributed by atoms with van der Waals surface area (Å²) in [5.74, 6) is 1.74. The van der Waals surface area contributed by atoms with E-state index in [2.05, 4.69) is 53.3 Å². The number of nitrogens with one attached hydrogen (secondary N) is 1. The van der Waals surface area contributed by atoms with Crippen LogP contribution in [0.2, 0.25) is 0 Å². The smallest absolute Gasteiger partial charge is 0.230 e. The highest BCUT2D eigenvalue weighted by molar-refractivity contribution is 9.10. The van der Waals surface area contributed by atoms with Crippen LogP contribution in [0.4, 0.5) is 5.69 Å². The highest BCUT2D eigenvalue weighted by Crippen LogP contribution is 2.64. The van der Waals surface area contributed by atoms with Gasteiger partial charge in [0, 0.05) is 10.0 Å². The largest absolute Gasteiger partial charge is 0.326 e. The van der Waals surface area contributed by atoms with Gasteiger partial charge in [-0.05, 0) is 87.5 Å². The Bertz CT molecular complexity index is 604. The van der Waals surface area contributed by atoms with Gasteiger partial charge in [-0.3, -0.25) is 4.79 Å². The number of benzene rings is 1. The van der Waals surface area contributed by atoms with Crippen molar-refractivity contribution in [3.05, 3.63) is 29.3 Å². The van der Waals surface area contributed by atoms with Crippen molar-refractivity contribution < 1.29 is 4.79 Å². The molecule has 118 valence electrons. The third-order valence-corrected chi connectivity index (χ3v) is 6.88. The van der Waals surface area contributed by atoms with Crippen molar-refractivity contribution in [2.75, 3.05) is 5.32 Å². The average molecular weight is 362 g/mol. The first-order valence-electron chi connectivity index (χ1n) is 8.45. The lowest BCUT2D eigenvalue weighted by Gasteiger charge is -2.59. The monoisotopic (exact) mass is 361 g/mol. The van der Waals surface area contributed by atoms with Crippen molar-refractivity contribution in [1.29, 1.82) is 0 Å². The summed E-state index contributed by atoms with van der Waals surface area (Å²) >= 11 is 3.99. The maximum atomic E-state index is 13.1. The lowest BCUT2D eigenvalue weighted by atomic mass is 9.49. The molecule has 4 saturated carbocycles. The molecule has 2 unspecified atom stereocenters. The minimum atomic E-state index is -0.134. The van der Waals surface area contributed by atoms with E-state index in [1.54, 1.807) is 0 Å². The summed E-state index contributed by atoms with van der Waals surface area (Å²) in [6.07, 6.45) is 7.07. The van der Waals surface area contributed by atoms with E-state index >= 15 is 0 Å². The molecule has 4 aliphatic rings. The number of halogens is 1. The van der Waals surface area contributed by atoms with Crippen LogP contribution in [0.25, 0.3) is 0 Å². The van der Waals surface area contributed by atoms with Gasteiger partial charge < -0.3 is 5.32 Å². The number of hydrogen-bond donors (Lipinski definition) is 1. The fraction of sp³-hybridized carbons (Fsp3) is 0.632. The lowest BCUT2D eigenvalue weighted by molar-refractivity contribution is -0.138. The summed E-state index contributed by atoms with van der Waals surface area (Å²) in [7, 11) is 0. The second-order valence-corrected chi connectivity index (χ2v) is 9.90. The van der Waals surface area contributed by atoms with Gasteiger partial charge in [-0.2, -0.15) is 0 Å². The van der Waals surface area contributed by atoms with E-state index in [1.807, 2.05) is 0 Å². The zero-order valence-corrected chi connectivity index (χ0v) is 15.0. The van der Waals surface area contributed by atoms with E-state index < -0.39 is 0 Å². The fourth-order valence-electron chi connectivity index (χ4n) is 5.73. The SMILES string of the molecule is Cc1cc(C)cc(NC(=O)C23C[C@@H]4C[C@@H](CC(Br)(C4)C2)C3)c1. The van der Waals surface area contributed by atoms with Gasteiger partial charge in [0.2, 0.25) is 5.91 Å². The summed E-state index contributed by atoms with van der Waals surface area (Å²) in [6, 6.07) is 6.30. The zero-order chi connectivity index (χ0) is 15.5. The Labute approximate surface area is 141 Å². The number of amides is 1. The summed E-state index contributed by atoms with van der Waals surface area (Å²) in [5, 5.41) is 3.24. The Morgan fingerprint density at radius 1 is 1.09 bits per heavy atom. The molecular formula is C19H24BrNO. The van der Waals surface area contributed by atoms with Gasteiger partial charge >= 0.3 is 0 Å². The van der Waals surface area contributed by atoms with Crippen LogP contribution < -0.4 is 5.32 Å². The first kappa shape index (κ1) is 14.7. The van der Waals surface area contributed by atoms with Crippen LogP contribution >= 0.6 is 15.9 Å². The molecule has 4 bridgehead atoms. The molecule has 22 heavy (non-hydrogen) atoms. The van der Waals surface area contributed by atoms with E-state index in [0.29, 0.717) is 0 Å². The Balaban J connectivity index is 1.60. The van der Waals surface area contributed by atoms with Crippen molar-refractivity contribution in [1.82, 2.24) is 0 Å².